The lowest BCUT2D eigenvalue weighted by Crippen LogP contribution is -2.17. The highest BCUT2D eigenvalue weighted by atomic mass is 79.9. The van der Waals surface area contributed by atoms with Gasteiger partial charge in [-0.15, -0.1) is 0 Å². The number of carbonyl (C=O) groups is 1. The third kappa shape index (κ3) is 2.64. The zero-order chi connectivity index (χ0) is 13.3. The molecule has 2 aromatic heterocycles. The summed E-state index contributed by atoms with van der Waals surface area (Å²) in [5, 5.41) is 9.54. The normalized spacial score (nSPS) is 10.9. The monoisotopic (exact) mass is 310 g/mol. The van der Waals surface area contributed by atoms with Crippen molar-refractivity contribution in [1.82, 2.24) is 14.8 Å². The average Bonchev–Trinajstić information content (AvgIpc) is 2.85. The molecule has 0 spiro atoms. The van der Waals surface area contributed by atoms with Gasteiger partial charge in [-0.2, -0.15) is 5.10 Å². The molecule has 0 bridgehead atoms. The lowest BCUT2D eigenvalue weighted by atomic mass is 10.3. The minimum Gasteiger partial charge on any atom is -0.340 e. The van der Waals surface area contributed by atoms with E-state index in [0.717, 1.165) is 10.2 Å². The first-order chi connectivity index (χ1) is 8.47. The molecule has 0 aliphatic carbocycles. The summed E-state index contributed by atoms with van der Waals surface area (Å²) in [6.45, 7) is 5.94. The van der Waals surface area contributed by atoms with Gasteiger partial charge < -0.3 is 9.88 Å². The van der Waals surface area contributed by atoms with Crippen LogP contribution >= 0.6 is 15.9 Å². The molecule has 6 heteroatoms. The number of hydrogen-bond acceptors (Lipinski definition) is 2. The number of amides is 1. The average molecular weight is 311 g/mol. The Hall–Kier alpha value is -1.56. The summed E-state index contributed by atoms with van der Waals surface area (Å²) in [5.41, 5.74) is 1.52. The number of hydrogen-bond donors (Lipinski definition) is 2. The highest BCUT2D eigenvalue weighted by molar-refractivity contribution is 9.10. The van der Waals surface area contributed by atoms with Crippen LogP contribution in [0, 0.1) is 6.92 Å². The van der Waals surface area contributed by atoms with Gasteiger partial charge in [-0.3, -0.25) is 9.89 Å². The number of aromatic amines is 1. The smallest absolute Gasteiger partial charge is 0.273 e. The highest BCUT2D eigenvalue weighted by Crippen LogP contribution is 2.20. The SMILES string of the molecule is Cc1cc(NC(=O)c2cc(Br)cn2C(C)C)n[nH]1. The molecule has 0 saturated heterocycles. The molecular weight excluding hydrogens is 296 g/mol. The molecule has 2 aromatic rings. The Labute approximate surface area is 114 Å². The molecule has 0 aromatic carbocycles. The van der Waals surface area contributed by atoms with E-state index >= 15 is 0 Å². The van der Waals surface area contributed by atoms with E-state index in [1.54, 1.807) is 12.1 Å². The number of nitrogens with zero attached hydrogens (tertiary/aromatic N) is 2. The molecule has 0 fully saturated rings. The van der Waals surface area contributed by atoms with Crippen LogP contribution in [-0.2, 0) is 0 Å². The molecule has 0 radical (unpaired) electrons. The van der Waals surface area contributed by atoms with E-state index < -0.39 is 0 Å². The van der Waals surface area contributed by atoms with Crippen molar-refractivity contribution in [2.75, 3.05) is 5.32 Å². The summed E-state index contributed by atoms with van der Waals surface area (Å²) in [5.74, 6) is 0.367. The third-order valence-electron chi connectivity index (χ3n) is 2.55. The van der Waals surface area contributed by atoms with Gasteiger partial charge in [0.15, 0.2) is 5.82 Å². The van der Waals surface area contributed by atoms with E-state index in [-0.39, 0.29) is 11.9 Å². The van der Waals surface area contributed by atoms with Crippen molar-refractivity contribution in [3.05, 3.63) is 34.2 Å². The molecule has 0 aliphatic rings. The molecule has 0 saturated carbocycles. The van der Waals surface area contributed by atoms with E-state index in [4.69, 9.17) is 0 Å². The van der Waals surface area contributed by atoms with Crippen molar-refractivity contribution in [2.45, 2.75) is 26.8 Å². The van der Waals surface area contributed by atoms with E-state index in [0.29, 0.717) is 11.5 Å². The van der Waals surface area contributed by atoms with Crippen LogP contribution in [0.25, 0.3) is 0 Å². The first-order valence-electron chi connectivity index (χ1n) is 5.68. The molecule has 0 unspecified atom stereocenters. The quantitative estimate of drug-likeness (QED) is 0.915. The summed E-state index contributed by atoms with van der Waals surface area (Å²) >= 11 is 3.39. The van der Waals surface area contributed by atoms with Crippen molar-refractivity contribution in [2.24, 2.45) is 0 Å². The second-order valence-corrected chi connectivity index (χ2v) is 5.35. The van der Waals surface area contributed by atoms with Crippen molar-refractivity contribution >= 4 is 27.7 Å². The Balaban J connectivity index is 2.23. The molecule has 96 valence electrons. The van der Waals surface area contributed by atoms with Crippen LogP contribution < -0.4 is 5.32 Å². The van der Waals surface area contributed by atoms with Crippen LogP contribution in [0.4, 0.5) is 5.82 Å². The highest BCUT2D eigenvalue weighted by Gasteiger charge is 2.15. The van der Waals surface area contributed by atoms with Gasteiger partial charge in [0.2, 0.25) is 0 Å². The molecule has 0 atom stereocenters. The first-order valence-corrected chi connectivity index (χ1v) is 6.47. The Morgan fingerprint density at radius 1 is 1.50 bits per heavy atom. The maximum absolute atomic E-state index is 12.2. The fraction of sp³-hybridized carbons (Fsp3) is 0.333. The van der Waals surface area contributed by atoms with Crippen LogP contribution in [0.1, 0.15) is 36.1 Å². The van der Waals surface area contributed by atoms with Gasteiger partial charge in [-0.25, -0.2) is 0 Å². The van der Waals surface area contributed by atoms with Crippen LogP contribution in [0.2, 0.25) is 0 Å². The first kappa shape index (κ1) is 12.9. The lowest BCUT2D eigenvalue weighted by Gasteiger charge is -2.11. The van der Waals surface area contributed by atoms with Gasteiger partial charge >= 0.3 is 0 Å². The third-order valence-corrected chi connectivity index (χ3v) is 2.99. The second kappa shape index (κ2) is 4.97. The van der Waals surface area contributed by atoms with E-state index in [1.807, 2.05) is 31.5 Å². The molecule has 2 rings (SSSR count). The van der Waals surface area contributed by atoms with Crippen LogP contribution in [-0.4, -0.2) is 20.7 Å². The van der Waals surface area contributed by atoms with Crippen LogP contribution in [0.3, 0.4) is 0 Å². The topological polar surface area (TPSA) is 62.7 Å². The van der Waals surface area contributed by atoms with Crippen molar-refractivity contribution in [1.29, 1.82) is 0 Å². The number of aryl methyl sites for hydroxylation is 1. The van der Waals surface area contributed by atoms with E-state index in [2.05, 4.69) is 31.4 Å². The van der Waals surface area contributed by atoms with Crippen molar-refractivity contribution in [3.63, 3.8) is 0 Å². The van der Waals surface area contributed by atoms with Gasteiger partial charge in [-0.05, 0) is 42.8 Å². The fourth-order valence-corrected chi connectivity index (χ4v) is 2.15. The summed E-state index contributed by atoms with van der Waals surface area (Å²) in [4.78, 5) is 12.2. The molecule has 18 heavy (non-hydrogen) atoms. The zero-order valence-electron chi connectivity index (χ0n) is 10.5. The minimum absolute atomic E-state index is 0.166. The van der Waals surface area contributed by atoms with Crippen molar-refractivity contribution < 1.29 is 4.79 Å². The summed E-state index contributed by atoms with van der Waals surface area (Å²) in [6, 6.07) is 3.81. The number of nitrogens with one attached hydrogen (secondary N) is 2. The number of rotatable bonds is 3. The fourth-order valence-electron chi connectivity index (χ4n) is 1.72. The van der Waals surface area contributed by atoms with Gasteiger partial charge in [0, 0.05) is 28.5 Å². The van der Waals surface area contributed by atoms with Gasteiger partial charge in [-0.1, -0.05) is 0 Å². The Bertz CT molecular complexity index is 570. The molecule has 1 amide bonds. The van der Waals surface area contributed by atoms with E-state index in [1.165, 1.54) is 0 Å². The predicted octanol–water partition coefficient (Wildman–Crippen LogP) is 3.12. The standard InChI is InChI=1S/C12H15BrN4O/c1-7(2)17-6-9(13)5-10(17)12(18)14-11-4-8(3)15-16-11/h4-7H,1-3H3,(H2,14,15,16,18). The van der Waals surface area contributed by atoms with Gasteiger partial charge in [0.1, 0.15) is 5.69 Å². The van der Waals surface area contributed by atoms with Crippen LogP contribution in [0.5, 0.6) is 0 Å². The van der Waals surface area contributed by atoms with Gasteiger partial charge in [0.05, 0.1) is 0 Å². The number of anilines is 1. The Kier molecular flexibility index (Phi) is 3.56. The molecular formula is C12H15BrN4O. The minimum atomic E-state index is -0.166. The number of halogens is 1. The maximum atomic E-state index is 12.2. The molecule has 5 nitrogen and oxygen atoms in total. The van der Waals surface area contributed by atoms with E-state index in [9.17, 15) is 4.79 Å². The molecule has 2 heterocycles. The summed E-state index contributed by atoms with van der Waals surface area (Å²) in [7, 11) is 0. The number of aromatic nitrogens is 3. The predicted molar refractivity (Wildman–Crippen MR) is 73.8 cm³/mol. The molecule has 0 aliphatic heterocycles. The van der Waals surface area contributed by atoms with Crippen LogP contribution in [0.15, 0.2) is 22.8 Å². The Morgan fingerprint density at radius 2 is 2.22 bits per heavy atom. The lowest BCUT2D eigenvalue weighted by molar-refractivity contribution is 0.101. The summed E-state index contributed by atoms with van der Waals surface area (Å²) in [6.07, 6.45) is 1.90. The molecule has 2 N–H and O–H groups in total. The zero-order valence-corrected chi connectivity index (χ0v) is 12.1. The second-order valence-electron chi connectivity index (χ2n) is 4.43. The Morgan fingerprint density at radius 3 is 2.78 bits per heavy atom. The number of H-pyrrole nitrogens is 1. The largest absolute Gasteiger partial charge is 0.340 e. The number of carbonyl (C=O) groups excluding carboxylic acids is 1. The van der Waals surface area contributed by atoms with Gasteiger partial charge in [0.25, 0.3) is 5.91 Å². The van der Waals surface area contributed by atoms with Crippen molar-refractivity contribution in [3.8, 4) is 0 Å². The summed E-state index contributed by atoms with van der Waals surface area (Å²) < 4.78 is 2.80. The maximum Gasteiger partial charge on any atom is 0.273 e.